The van der Waals surface area contributed by atoms with E-state index >= 15 is 0 Å². The van der Waals surface area contributed by atoms with E-state index in [0.717, 1.165) is 16.7 Å². The number of hydrogen-bond donors (Lipinski definition) is 2. The molecule has 3 aromatic rings. The normalized spacial score (nSPS) is 18.1. The van der Waals surface area contributed by atoms with E-state index in [0.29, 0.717) is 23.8 Å². The molecular weight excluding hydrogens is 458 g/mol. The highest BCUT2D eigenvalue weighted by Gasteiger charge is 2.30. The third kappa shape index (κ3) is 4.33. The molecule has 1 unspecified atom stereocenters. The van der Waals surface area contributed by atoms with Gasteiger partial charge in [-0.2, -0.15) is 0 Å². The topological polar surface area (TPSA) is 122 Å². The second-order valence-electron chi connectivity index (χ2n) is 8.30. The number of hydrogen-bond acceptors (Lipinski definition) is 7. The van der Waals surface area contributed by atoms with Crippen LogP contribution in [0.3, 0.4) is 0 Å². The first-order valence-electron chi connectivity index (χ1n) is 10.8. The lowest BCUT2D eigenvalue weighted by atomic mass is 10.0. The fourth-order valence-corrected chi connectivity index (χ4v) is 4.35. The van der Waals surface area contributed by atoms with E-state index < -0.39 is 12.3 Å². The Kier molecular flexibility index (Phi) is 5.91. The molecule has 2 amide bonds. The van der Waals surface area contributed by atoms with Gasteiger partial charge in [-0.25, -0.2) is 9.97 Å². The minimum atomic E-state index is -0.732. The van der Waals surface area contributed by atoms with Gasteiger partial charge in [0.15, 0.2) is 6.23 Å². The molecule has 0 saturated carbocycles. The number of anilines is 1. The van der Waals surface area contributed by atoms with Crippen LogP contribution in [0.2, 0.25) is 5.02 Å². The molecule has 3 heterocycles. The highest BCUT2D eigenvalue weighted by molar-refractivity contribution is 6.33. The first kappa shape index (κ1) is 22.3. The second-order valence-corrected chi connectivity index (χ2v) is 8.71. The van der Waals surface area contributed by atoms with Gasteiger partial charge >= 0.3 is 0 Å². The predicted molar refractivity (Wildman–Crippen MR) is 125 cm³/mol. The zero-order valence-electron chi connectivity index (χ0n) is 18.1. The molecule has 174 valence electrons. The summed E-state index contributed by atoms with van der Waals surface area (Å²) in [6, 6.07) is 12.9. The van der Waals surface area contributed by atoms with Gasteiger partial charge in [-0.05, 0) is 29.3 Å². The average Bonchev–Trinajstić information content (AvgIpc) is 2.93. The van der Waals surface area contributed by atoms with Gasteiger partial charge in [0.25, 0.3) is 5.91 Å². The van der Waals surface area contributed by atoms with Crippen molar-refractivity contribution in [3.63, 3.8) is 0 Å². The second kappa shape index (κ2) is 9.02. The number of amides is 2. The maximum Gasteiger partial charge on any atom is 0.265 e. The number of aliphatic hydroxyl groups excluding tert-OH is 1. The third-order valence-electron chi connectivity index (χ3n) is 5.87. The SMILES string of the molecule is NC1CN(c2ccc(-c3ccc(CC(=O)N4CC(O)C4)cc3Cl)cc2)C(=O)c2cncnc2O1. The molecule has 0 spiro atoms. The summed E-state index contributed by atoms with van der Waals surface area (Å²) in [5.74, 6) is -0.157. The summed E-state index contributed by atoms with van der Waals surface area (Å²) < 4.78 is 5.56. The quantitative estimate of drug-likeness (QED) is 0.585. The third-order valence-corrected chi connectivity index (χ3v) is 6.18. The van der Waals surface area contributed by atoms with Crippen molar-refractivity contribution in [1.29, 1.82) is 0 Å². The molecule has 9 nitrogen and oxygen atoms in total. The van der Waals surface area contributed by atoms with Crippen LogP contribution in [0.25, 0.3) is 11.1 Å². The summed E-state index contributed by atoms with van der Waals surface area (Å²) in [7, 11) is 0. The van der Waals surface area contributed by atoms with Crippen molar-refractivity contribution in [2.24, 2.45) is 5.73 Å². The number of nitrogens with zero attached hydrogens (tertiary/aromatic N) is 4. The largest absolute Gasteiger partial charge is 0.456 e. The Hall–Kier alpha value is -3.53. The van der Waals surface area contributed by atoms with Gasteiger partial charge in [0.05, 0.1) is 19.1 Å². The van der Waals surface area contributed by atoms with Gasteiger partial charge in [0.2, 0.25) is 11.8 Å². The van der Waals surface area contributed by atoms with E-state index in [1.54, 1.807) is 11.0 Å². The number of nitrogens with two attached hydrogens (primary N) is 1. The Bertz CT molecular complexity index is 1250. The van der Waals surface area contributed by atoms with Crippen molar-refractivity contribution < 1.29 is 19.4 Å². The lowest BCUT2D eigenvalue weighted by Gasteiger charge is -2.36. The maximum absolute atomic E-state index is 13.1. The number of aliphatic hydroxyl groups is 1. The molecule has 5 rings (SSSR count). The lowest BCUT2D eigenvalue weighted by molar-refractivity contribution is -0.140. The number of β-amino-alcohol motifs (C(OH)–C–C–N with tert-alkyl or cyclic N) is 1. The number of aromatic nitrogens is 2. The Labute approximate surface area is 200 Å². The molecule has 0 bridgehead atoms. The van der Waals surface area contributed by atoms with Crippen LogP contribution in [0.15, 0.2) is 55.0 Å². The molecule has 0 aliphatic carbocycles. The first-order valence-corrected chi connectivity index (χ1v) is 11.2. The zero-order chi connectivity index (χ0) is 23.8. The minimum Gasteiger partial charge on any atom is -0.456 e. The Balaban J connectivity index is 1.34. The number of fused-ring (bicyclic) bond motifs is 1. The molecule has 2 aliphatic heterocycles. The molecule has 1 aromatic heterocycles. The Morgan fingerprint density at radius 1 is 1.15 bits per heavy atom. The fraction of sp³-hybridized carbons (Fsp3) is 0.250. The number of carbonyl (C=O) groups is 2. The van der Waals surface area contributed by atoms with Gasteiger partial charge in [-0.15, -0.1) is 0 Å². The fourth-order valence-electron chi connectivity index (χ4n) is 4.04. The van der Waals surface area contributed by atoms with Gasteiger partial charge in [0, 0.05) is 35.6 Å². The van der Waals surface area contributed by atoms with Crippen LogP contribution in [-0.4, -0.2) is 63.8 Å². The summed E-state index contributed by atoms with van der Waals surface area (Å²) in [5, 5.41) is 9.90. The van der Waals surface area contributed by atoms with Crippen LogP contribution >= 0.6 is 11.6 Å². The monoisotopic (exact) mass is 479 g/mol. The van der Waals surface area contributed by atoms with Crippen LogP contribution < -0.4 is 15.4 Å². The molecule has 34 heavy (non-hydrogen) atoms. The highest BCUT2D eigenvalue weighted by atomic mass is 35.5. The summed E-state index contributed by atoms with van der Waals surface area (Å²) in [6.45, 7) is 0.921. The predicted octanol–water partition coefficient (Wildman–Crippen LogP) is 1.87. The van der Waals surface area contributed by atoms with Crippen molar-refractivity contribution in [3.05, 3.63) is 71.1 Å². The first-order chi connectivity index (χ1) is 16.4. The van der Waals surface area contributed by atoms with Gasteiger partial charge in [-0.1, -0.05) is 35.9 Å². The van der Waals surface area contributed by atoms with Crippen LogP contribution in [0.5, 0.6) is 5.88 Å². The number of rotatable bonds is 4. The number of likely N-dealkylation sites (tertiary alicyclic amines) is 1. The van der Waals surface area contributed by atoms with Gasteiger partial charge in [-0.3, -0.25) is 15.3 Å². The van der Waals surface area contributed by atoms with Gasteiger partial charge in [0.1, 0.15) is 11.9 Å². The molecule has 10 heteroatoms. The number of carbonyl (C=O) groups excluding carboxylic acids is 2. The van der Waals surface area contributed by atoms with Crippen LogP contribution in [0, 0.1) is 0 Å². The standard InChI is InChI=1S/C24H22ClN5O4/c25-20-7-14(8-22(32)29-10-17(31)11-29)1-6-18(20)15-2-4-16(5-3-15)30-12-21(26)34-23-19(24(30)33)9-27-13-28-23/h1-7,9,13,17,21,31H,8,10-12,26H2. The Morgan fingerprint density at radius 3 is 2.62 bits per heavy atom. The molecule has 1 atom stereocenters. The molecule has 2 aromatic carbocycles. The van der Waals surface area contributed by atoms with E-state index in [-0.39, 0.29) is 36.2 Å². The van der Waals surface area contributed by atoms with E-state index in [1.165, 1.54) is 17.4 Å². The lowest BCUT2D eigenvalue weighted by Crippen LogP contribution is -2.53. The number of ether oxygens (including phenoxy) is 1. The van der Waals surface area contributed by atoms with E-state index in [1.807, 2.05) is 36.4 Å². The molecule has 0 radical (unpaired) electrons. The van der Waals surface area contributed by atoms with Crippen molar-refractivity contribution in [2.75, 3.05) is 24.5 Å². The Morgan fingerprint density at radius 2 is 1.91 bits per heavy atom. The maximum atomic E-state index is 13.1. The van der Waals surface area contributed by atoms with Crippen molar-refractivity contribution in [2.45, 2.75) is 18.8 Å². The summed E-state index contributed by atoms with van der Waals surface area (Å²) in [6.07, 6.45) is 1.80. The summed E-state index contributed by atoms with van der Waals surface area (Å²) >= 11 is 6.53. The minimum absolute atomic E-state index is 0.0326. The number of halogens is 1. The van der Waals surface area contributed by atoms with Gasteiger partial charge < -0.3 is 19.6 Å². The van der Waals surface area contributed by atoms with E-state index in [2.05, 4.69) is 9.97 Å². The molecule has 2 aliphatic rings. The highest BCUT2D eigenvalue weighted by Crippen LogP contribution is 2.32. The molecule has 3 N–H and O–H groups in total. The van der Waals surface area contributed by atoms with E-state index in [4.69, 9.17) is 22.1 Å². The summed E-state index contributed by atoms with van der Waals surface area (Å²) in [5.41, 5.74) is 9.42. The van der Waals surface area contributed by atoms with Crippen molar-refractivity contribution in [3.8, 4) is 17.0 Å². The average molecular weight is 480 g/mol. The summed E-state index contributed by atoms with van der Waals surface area (Å²) in [4.78, 5) is 36.4. The van der Waals surface area contributed by atoms with Crippen molar-refractivity contribution >= 4 is 29.1 Å². The molecular formula is C24H22ClN5O4. The smallest absolute Gasteiger partial charge is 0.265 e. The number of benzene rings is 2. The molecule has 1 fully saturated rings. The van der Waals surface area contributed by atoms with Crippen LogP contribution in [0.4, 0.5) is 5.69 Å². The van der Waals surface area contributed by atoms with Crippen molar-refractivity contribution in [1.82, 2.24) is 14.9 Å². The van der Waals surface area contributed by atoms with E-state index in [9.17, 15) is 14.7 Å². The molecule has 1 saturated heterocycles. The van der Waals surface area contributed by atoms with Crippen LogP contribution in [0.1, 0.15) is 15.9 Å². The zero-order valence-corrected chi connectivity index (χ0v) is 18.9. The van der Waals surface area contributed by atoms with Crippen LogP contribution in [-0.2, 0) is 11.2 Å².